The van der Waals surface area contributed by atoms with E-state index in [1.807, 2.05) is 27.7 Å². The summed E-state index contributed by atoms with van der Waals surface area (Å²) in [6.45, 7) is 8.51. The minimum absolute atomic E-state index is 0.0364. The van der Waals surface area contributed by atoms with E-state index in [4.69, 9.17) is 5.73 Å². The molecule has 0 aliphatic heterocycles. The smallest absolute Gasteiger partial charge is 0.224 e. The molecule has 0 aromatic carbocycles. The molecule has 104 valence electrons. The predicted molar refractivity (Wildman–Crippen MR) is 71.7 cm³/mol. The van der Waals surface area contributed by atoms with E-state index in [0.29, 0.717) is 6.54 Å². The molecule has 3 N–H and O–H groups in total. The van der Waals surface area contributed by atoms with Crippen molar-refractivity contribution >= 4 is 11.8 Å². The van der Waals surface area contributed by atoms with Crippen molar-refractivity contribution < 1.29 is 9.59 Å². The summed E-state index contributed by atoms with van der Waals surface area (Å²) in [5.41, 5.74) is 4.72. The normalized spacial score (nSPS) is 20.4. The highest BCUT2D eigenvalue weighted by atomic mass is 16.2. The third-order valence-corrected chi connectivity index (χ3v) is 4.02. The molecule has 0 bridgehead atoms. The first-order chi connectivity index (χ1) is 8.25. The predicted octanol–water partition coefficient (Wildman–Crippen LogP) is 1.83. The zero-order chi connectivity index (χ0) is 14.0. The number of hydrogen-bond acceptors (Lipinski definition) is 2. The fourth-order valence-electron chi connectivity index (χ4n) is 3.43. The minimum atomic E-state index is -0.655. The Morgan fingerprint density at radius 3 is 2.11 bits per heavy atom. The maximum Gasteiger partial charge on any atom is 0.224 e. The Kier molecular flexibility index (Phi) is 4.41. The van der Waals surface area contributed by atoms with Gasteiger partial charge in [-0.25, -0.2) is 0 Å². The fraction of sp³-hybridized carbons (Fsp3) is 0.857. The zero-order valence-corrected chi connectivity index (χ0v) is 12.0. The maximum atomic E-state index is 12.4. The van der Waals surface area contributed by atoms with E-state index in [1.54, 1.807) is 0 Å². The maximum absolute atomic E-state index is 12.4. The van der Waals surface area contributed by atoms with E-state index >= 15 is 0 Å². The van der Waals surface area contributed by atoms with E-state index in [-0.39, 0.29) is 23.1 Å². The molecule has 1 aliphatic rings. The lowest BCUT2D eigenvalue weighted by Crippen LogP contribution is -2.53. The number of rotatable bonds is 4. The molecule has 2 amide bonds. The summed E-state index contributed by atoms with van der Waals surface area (Å²) >= 11 is 0. The lowest BCUT2D eigenvalue weighted by molar-refractivity contribution is -0.145. The number of primary amides is 1. The number of nitrogens with one attached hydrogen (secondary N) is 1. The zero-order valence-electron chi connectivity index (χ0n) is 12.0. The van der Waals surface area contributed by atoms with E-state index in [0.717, 1.165) is 25.7 Å². The SMILES string of the molecule is CCNC(=O)C(C(C)(C)C)C1(C(N)=O)CCCC1. The molecule has 1 unspecified atom stereocenters. The Morgan fingerprint density at radius 1 is 1.28 bits per heavy atom. The summed E-state index contributed by atoms with van der Waals surface area (Å²) < 4.78 is 0. The van der Waals surface area contributed by atoms with Gasteiger partial charge in [-0.1, -0.05) is 33.6 Å². The number of hydrogen-bond donors (Lipinski definition) is 2. The largest absolute Gasteiger partial charge is 0.369 e. The Labute approximate surface area is 110 Å². The van der Waals surface area contributed by atoms with Gasteiger partial charge in [-0.15, -0.1) is 0 Å². The summed E-state index contributed by atoms with van der Waals surface area (Å²) in [4.78, 5) is 24.3. The van der Waals surface area contributed by atoms with Gasteiger partial charge in [0.05, 0.1) is 11.3 Å². The number of amides is 2. The van der Waals surface area contributed by atoms with Gasteiger partial charge in [0.2, 0.25) is 11.8 Å². The van der Waals surface area contributed by atoms with Crippen molar-refractivity contribution in [2.45, 2.75) is 53.4 Å². The third kappa shape index (κ3) is 2.68. The lowest BCUT2D eigenvalue weighted by atomic mass is 9.62. The minimum Gasteiger partial charge on any atom is -0.369 e. The molecule has 1 saturated carbocycles. The number of carbonyl (C=O) groups is 2. The molecule has 1 rings (SSSR count). The highest BCUT2D eigenvalue weighted by Crippen LogP contribution is 2.50. The van der Waals surface area contributed by atoms with Crippen LogP contribution in [0.2, 0.25) is 0 Å². The van der Waals surface area contributed by atoms with E-state index < -0.39 is 5.41 Å². The Morgan fingerprint density at radius 2 is 1.78 bits per heavy atom. The van der Waals surface area contributed by atoms with Crippen LogP contribution in [-0.2, 0) is 9.59 Å². The molecule has 4 nitrogen and oxygen atoms in total. The summed E-state index contributed by atoms with van der Waals surface area (Å²) in [5.74, 6) is -0.693. The van der Waals surface area contributed by atoms with Gasteiger partial charge >= 0.3 is 0 Å². The van der Waals surface area contributed by atoms with Crippen LogP contribution < -0.4 is 11.1 Å². The van der Waals surface area contributed by atoms with E-state index in [2.05, 4.69) is 5.32 Å². The average molecular weight is 254 g/mol. The van der Waals surface area contributed by atoms with Crippen molar-refractivity contribution in [3.05, 3.63) is 0 Å². The summed E-state index contributed by atoms with van der Waals surface area (Å²) in [7, 11) is 0. The van der Waals surface area contributed by atoms with Crippen molar-refractivity contribution in [2.24, 2.45) is 22.5 Å². The fourth-order valence-corrected chi connectivity index (χ4v) is 3.43. The van der Waals surface area contributed by atoms with Gasteiger partial charge in [0.15, 0.2) is 0 Å². The van der Waals surface area contributed by atoms with E-state index in [9.17, 15) is 9.59 Å². The van der Waals surface area contributed by atoms with Crippen molar-refractivity contribution in [3.63, 3.8) is 0 Å². The second-order valence-electron chi connectivity index (χ2n) is 6.42. The van der Waals surface area contributed by atoms with Crippen molar-refractivity contribution in [1.29, 1.82) is 0 Å². The lowest BCUT2D eigenvalue weighted by Gasteiger charge is -2.41. The van der Waals surface area contributed by atoms with Crippen LogP contribution in [0, 0.1) is 16.7 Å². The third-order valence-electron chi connectivity index (χ3n) is 4.02. The molecule has 0 radical (unpaired) electrons. The van der Waals surface area contributed by atoms with Gasteiger partial charge in [-0.2, -0.15) is 0 Å². The van der Waals surface area contributed by atoms with Gasteiger partial charge in [-0.3, -0.25) is 9.59 Å². The van der Waals surface area contributed by atoms with Crippen LogP contribution in [0.25, 0.3) is 0 Å². The van der Waals surface area contributed by atoms with Gasteiger partial charge in [0.1, 0.15) is 0 Å². The summed E-state index contributed by atoms with van der Waals surface area (Å²) in [5, 5.41) is 2.86. The number of nitrogens with two attached hydrogens (primary N) is 1. The molecule has 0 aromatic rings. The van der Waals surface area contributed by atoms with Crippen molar-refractivity contribution in [3.8, 4) is 0 Å². The standard InChI is InChI=1S/C14H26N2O2/c1-5-16-11(17)10(13(2,3)4)14(12(15)18)8-6-7-9-14/h10H,5-9H2,1-4H3,(H2,15,18)(H,16,17). The first kappa shape index (κ1) is 15.0. The molecule has 0 spiro atoms. The monoisotopic (exact) mass is 254 g/mol. The van der Waals surface area contributed by atoms with Crippen LogP contribution in [0.4, 0.5) is 0 Å². The van der Waals surface area contributed by atoms with Gasteiger partial charge < -0.3 is 11.1 Å². The van der Waals surface area contributed by atoms with Crippen molar-refractivity contribution in [1.82, 2.24) is 5.32 Å². The van der Waals surface area contributed by atoms with E-state index in [1.165, 1.54) is 0 Å². The summed E-state index contributed by atoms with van der Waals surface area (Å²) in [6.07, 6.45) is 3.44. The first-order valence-corrected chi connectivity index (χ1v) is 6.83. The molecular weight excluding hydrogens is 228 g/mol. The first-order valence-electron chi connectivity index (χ1n) is 6.83. The van der Waals surface area contributed by atoms with Crippen LogP contribution in [0.15, 0.2) is 0 Å². The van der Waals surface area contributed by atoms with Gasteiger partial charge in [-0.05, 0) is 25.2 Å². The molecule has 1 aliphatic carbocycles. The molecule has 0 saturated heterocycles. The summed E-state index contributed by atoms with van der Waals surface area (Å²) in [6, 6.07) is 0. The Balaban J connectivity index is 3.16. The van der Waals surface area contributed by atoms with Crippen LogP contribution >= 0.6 is 0 Å². The van der Waals surface area contributed by atoms with Crippen LogP contribution in [0.3, 0.4) is 0 Å². The Hall–Kier alpha value is -1.06. The average Bonchev–Trinajstić information content (AvgIpc) is 2.66. The highest BCUT2D eigenvalue weighted by molar-refractivity contribution is 5.90. The molecule has 4 heteroatoms. The highest BCUT2D eigenvalue weighted by Gasteiger charge is 2.53. The Bertz CT molecular complexity index is 325. The second kappa shape index (κ2) is 5.29. The number of carbonyl (C=O) groups excluding carboxylic acids is 2. The molecular formula is C14H26N2O2. The molecule has 1 fully saturated rings. The molecule has 18 heavy (non-hydrogen) atoms. The van der Waals surface area contributed by atoms with Gasteiger partial charge in [0.25, 0.3) is 0 Å². The van der Waals surface area contributed by atoms with Gasteiger partial charge in [0, 0.05) is 6.54 Å². The van der Waals surface area contributed by atoms with Crippen LogP contribution in [0.1, 0.15) is 53.4 Å². The molecule has 0 aromatic heterocycles. The van der Waals surface area contributed by atoms with Crippen molar-refractivity contribution in [2.75, 3.05) is 6.54 Å². The topological polar surface area (TPSA) is 72.2 Å². The molecule has 0 heterocycles. The molecule has 1 atom stereocenters. The van der Waals surface area contributed by atoms with Crippen LogP contribution in [-0.4, -0.2) is 18.4 Å². The van der Waals surface area contributed by atoms with Crippen LogP contribution in [0.5, 0.6) is 0 Å². The quantitative estimate of drug-likeness (QED) is 0.803. The second-order valence-corrected chi connectivity index (χ2v) is 6.42.